The standard InChI is InChI=1S/C25H29N7O5S/c1-3-37-21-16-26-15-18(29-21)17-4-5-20(28-14-17)31-22(33)25(9-12-36-13-10-25)19-6-11-27-23(30-19)32(38(34)35)24(2)7-8-24/h4-6,11,14-16,38H,3,7-10,12-13H2,1-2H3,(H,28,31,33). The first-order valence-corrected chi connectivity index (χ1v) is 13.6. The van der Waals surface area contributed by atoms with Gasteiger partial charge in [0, 0.05) is 31.2 Å². The van der Waals surface area contributed by atoms with Crippen molar-refractivity contribution >= 4 is 28.6 Å². The number of anilines is 2. The summed E-state index contributed by atoms with van der Waals surface area (Å²) in [5, 5.41) is 2.92. The summed E-state index contributed by atoms with van der Waals surface area (Å²) in [5.41, 5.74) is 0.212. The van der Waals surface area contributed by atoms with E-state index in [0.717, 1.165) is 18.4 Å². The molecule has 0 unspecified atom stereocenters. The number of rotatable bonds is 9. The fraction of sp³-hybridized carbons (Fsp3) is 0.440. The van der Waals surface area contributed by atoms with Gasteiger partial charge in [-0.3, -0.25) is 9.78 Å². The molecule has 2 fully saturated rings. The molecule has 0 aromatic carbocycles. The number of pyridine rings is 1. The second-order valence-electron chi connectivity index (χ2n) is 9.54. The van der Waals surface area contributed by atoms with Crippen molar-refractivity contribution in [3.05, 3.63) is 48.7 Å². The Bertz CT molecular complexity index is 1380. The van der Waals surface area contributed by atoms with Crippen LogP contribution in [-0.2, 0) is 25.8 Å². The SMILES string of the molecule is CCOc1cncc(-c2ccc(NC(=O)C3(c4ccnc(N([SH](=O)=O)C5(C)CC5)n4)CCOCC3)nc2)n1. The highest BCUT2D eigenvalue weighted by Crippen LogP contribution is 2.43. The van der Waals surface area contributed by atoms with Crippen LogP contribution in [0.3, 0.4) is 0 Å². The van der Waals surface area contributed by atoms with Crippen molar-refractivity contribution in [3.8, 4) is 17.1 Å². The Balaban J connectivity index is 1.40. The monoisotopic (exact) mass is 539 g/mol. The van der Waals surface area contributed by atoms with Crippen LogP contribution in [0.1, 0.15) is 45.2 Å². The lowest BCUT2D eigenvalue weighted by atomic mass is 9.76. The van der Waals surface area contributed by atoms with E-state index in [1.165, 1.54) is 10.5 Å². The summed E-state index contributed by atoms with van der Waals surface area (Å²) in [5.74, 6) is 0.570. The number of carbonyl (C=O) groups excluding carboxylic acids is 1. The highest BCUT2D eigenvalue weighted by Gasteiger charge is 2.48. The molecule has 2 aliphatic rings. The van der Waals surface area contributed by atoms with Gasteiger partial charge in [0.1, 0.15) is 5.82 Å². The first-order chi connectivity index (χ1) is 18.3. The average Bonchev–Trinajstić information content (AvgIpc) is 3.67. The van der Waals surface area contributed by atoms with E-state index < -0.39 is 21.8 Å². The van der Waals surface area contributed by atoms with Crippen molar-refractivity contribution < 1.29 is 22.7 Å². The zero-order chi connectivity index (χ0) is 26.8. The Hall–Kier alpha value is -3.71. The van der Waals surface area contributed by atoms with Crippen molar-refractivity contribution in [1.82, 2.24) is 24.9 Å². The van der Waals surface area contributed by atoms with Gasteiger partial charge in [-0.25, -0.2) is 32.7 Å². The molecule has 38 heavy (non-hydrogen) atoms. The van der Waals surface area contributed by atoms with Crippen molar-refractivity contribution in [2.45, 2.75) is 50.5 Å². The number of nitrogens with one attached hydrogen (secondary N) is 1. The van der Waals surface area contributed by atoms with Crippen molar-refractivity contribution in [2.24, 2.45) is 0 Å². The van der Waals surface area contributed by atoms with Crippen LogP contribution < -0.4 is 14.4 Å². The molecule has 1 saturated heterocycles. The van der Waals surface area contributed by atoms with Gasteiger partial charge in [-0.1, -0.05) is 0 Å². The van der Waals surface area contributed by atoms with Gasteiger partial charge in [0.25, 0.3) is 0 Å². The summed E-state index contributed by atoms with van der Waals surface area (Å²) in [7, 11) is -2.94. The van der Waals surface area contributed by atoms with Crippen molar-refractivity contribution in [2.75, 3.05) is 29.4 Å². The third-order valence-electron chi connectivity index (χ3n) is 6.96. The predicted octanol–water partition coefficient (Wildman–Crippen LogP) is 2.30. The maximum Gasteiger partial charge on any atom is 0.239 e. The van der Waals surface area contributed by atoms with Gasteiger partial charge in [0.2, 0.25) is 28.6 Å². The van der Waals surface area contributed by atoms with Gasteiger partial charge in [-0.05, 0) is 57.7 Å². The van der Waals surface area contributed by atoms with Crippen LogP contribution >= 0.6 is 0 Å². The smallest absolute Gasteiger partial charge is 0.239 e. The van der Waals surface area contributed by atoms with E-state index in [0.29, 0.717) is 55.7 Å². The average molecular weight is 540 g/mol. The number of aromatic nitrogens is 5. The summed E-state index contributed by atoms with van der Waals surface area (Å²) in [4.78, 5) is 35.6. The molecule has 13 heteroatoms. The topological polar surface area (TPSA) is 149 Å². The quantitative estimate of drug-likeness (QED) is 0.388. The highest BCUT2D eigenvalue weighted by atomic mass is 32.2. The molecule has 4 heterocycles. The molecule has 0 radical (unpaired) electrons. The molecule has 0 atom stereocenters. The number of hydrogen-bond donors (Lipinski definition) is 2. The second-order valence-corrected chi connectivity index (χ2v) is 10.4. The van der Waals surface area contributed by atoms with Crippen molar-refractivity contribution in [1.29, 1.82) is 0 Å². The van der Waals surface area contributed by atoms with Crippen LogP contribution in [0.15, 0.2) is 43.0 Å². The molecule has 3 aromatic rings. The van der Waals surface area contributed by atoms with E-state index in [4.69, 9.17) is 9.47 Å². The van der Waals surface area contributed by atoms with Gasteiger partial charge in [0.15, 0.2) is 0 Å². The Morgan fingerprint density at radius 1 is 1.08 bits per heavy atom. The normalized spacial score (nSPS) is 17.6. The maximum absolute atomic E-state index is 13.7. The minimum absolute atomic E-state index is 0.0788. The fourth-order valence-electron chi connectivity index (χ4n) is 4.50. The van der Waals surface area contributed by atoms with E-state index >= 15 is 0 Å². The van der Waals surface area contributed by atoms with Gasteiger partial charge < -0.3 is 14.8 Å². The molecule has 1 N–H and O–H groups in total. The summed E-state index contributed by atoms with van der Waals surface area (Å²) < 4.78 is 36.3. The van der Waals surface area contributed by atoms with E-state index in [1.807, 2.05) is 13.8 Å². The molecule has 1 aliphatic carbocycles. The first-order valence-electron chi connectivity index (χ1n) is 12.4. The van der Waals surface area contributed by atoms with Gasteiger partial charge in [-0.2, -0.15) is 0 Å². The molecule has 12 nitrogen and oxygen atoms in total. The number of carbonyl (C=O) groups is 1. The Morgan fingerprint density at radius 3 is 2.53 bits per heavy atom. The molecule has 1 aliphatic heterocycles. The lowest BCUT2D eigenvalue weighted by Gasteiger charge is -2.35. The summed E-state index contributed by atoms with van der Waals surface area (Å²) in [6, 6.07) is 5.15. The minimum atomic E-state index is -2.94. The number of hydrogen-bond acceptors (Lipinski definition) is 10. The molecular weight excluding hydrogens is 510 g/mol. The number of ether oxygens (including phenoxy) is 2. The molecule has 200 valence electrons. The van der Waals surface area contributed by atoms with Crippen LogP contribution in [0.5, 0.6) is 5.88 Å². The number of thiol groups is 1. The molecule has 3 aromatic heterocycles. The minimum Gasteiger partial charge on any atom is -0.477 e. The zero-order valence-corrected chi connectivity index (χ0v) is 22.1. The van der Waals surface area contributed by atoms with Crippen LogP contribution in [0.25, 0.3) is 11.3 Å². The second kappa shape index (κ2) is 10.6. The Labute approximate surface area is 222 Å². The Kier molecular flexibility index (Phi) is 7.21. The third-order valence-corrected chi connectivity index (χ3v) is 7.95. The van der Waals surface area contributed by atoms with Crippen LogP contribution in [-0.4, -0.2) is 64.6 Å². The summed E-state index contributed by atoms with van der Waals surface area (Å²) in [6.07, 6.45) is 8.49. The number of amides is 1. The molecular formula is C25H29N7O5S. The lowest BCUT2D eigenvalue weighted by Crippen LogP contribution is -2.46. The predicted molar refractivity (Wildman–Crippen MR) is 139 cm³/mol. The van der Waals surface area contributed by atoms with Crippen LogP contribution in [0, 0.1) is 0 Å². The molecule has 1 amide bonds. The molecule has 0 spiro atoms. The van der Waals surface area contributed by atoms with Gasteiger partial charge in [-0.15, -0.1) is 0 Å². The largest absolute Gasteiger partial charge is 0.477 e. The van der Waals surface area contributed by atoms with Gasteiger partial charge >= 0.3 is 0 Å². The first kappa shape index (κ1) is 25.9. The van der Waals surface area contributed by atoms with Crippen LogP contribution in [0.2, 0.25) is 0 Å². The lowest BCUT2D eigenvalue weighted by molar-refractivity contribution is -0.125. The number of nitrogens with zero attached hydrogens (tertiary/aromatic N) is 6. The Morgan fingerprint density at radius 2 is 1.87 bits per heavy atom. The van der Waals surface area contributed by atoms with Crippen LogP contribution in [0.4, 0.5) is 11.8 Å². The molecule has 5 rings (SSSR count). The maximum atomic E-state index is 13.7. The third kappa shape index (κ3) is 5.16. The van der Waals surface area contributed by atoms with E-state index in [1.54, 1.807) is 36.8 Å². The van der Waals surface area contributed by atoms with E-state index in [2.05, 4.69) is 30.2 Å². The fourth-order valence-corrected chi connectivity index (χ4v) is 5.34. The van der Waals surface area contributed by atoms with Crippen molar-refractivity contribution in [3.63, 3.8) is 0 Å². The summed E-state index contributed by atoms with van der Waals surface area (Å²) >= 11 is 0. The molecule has 0 bridgehead atoms. The van der Waals surface area contributed by atoms with Gasteiger partial charge in [0.05, 0.1) is 41.3 Å². The van der Waals surface area contributed by atoms with E-state index in [-0.39, 0.29) is 11.9 Å². The summed E-state index contributed by atoms with van der Waals surface area (Å²) in [6.45, 7) is 4.94. The zero-order valence-electron chi connectivity index (χ0n) is 21.2. The highest BCUT2D eigenvalue weighted by molar-refractivity contribution is 7.74. The van der Waals surface area contributed by atoms with E-state index in [9.17, 15) is 13.2 Å². The molecule has 1 saturated carbocycles.